The number of halogens is 3. The van der Waals surface area contributed by atoms with E-state index < -0.39 is 17.6 Å². The second kappa shape index (κ2) is 7.78. The van der Waals surface area contributed by atoms with Crippen molar-refractivity contribution < 1.29 is 18.0 Å². The molecule has 4 rings (SSSR count). The van der Waals surface area contributed by atoms with Crippen LogP contribution < -0.4 is 10.2 Å². The maximum atomic E-state index is 13.3. The number of nitrogens with zero attached hydrogens (tertiary/aromatic N) is 1. The third-order valence-electron chi connectivity index (χ3n) is 5.30. The molecule has 1 aliphatic rings. The zero-order valence-electron chi connectivity index (χ0n) is 15.8. The van der Waals surface area contributed by atoms with Gasteiger partial charge in [-0.3, -0.25) is 4.79 Å². The molecule has 0 spiro atoms. The van der Waals surface area contributed by atoms with E-state index >= 15 is 0 Å². The Morgan fingerprint density at radius 2 is 1.62 bits per heavy atom. The summed E-state index contributed by atoms with van der Waals surface area (Å²) in [5, 5.41) is 4.41. The van der Waals surface area contributed by atoms with Gasteiger partial charge in [-0.1, -0.05) is 36.4 Å². The Bertz CT molecular complexity index is 1030. The molecule has 29 heavy (non-hydrogen) atoms. The van der Waals surface area contributed by atoms with Crippen LogP contribution in [0.15, 0.2) is 60.7 Å². The number of benzene rings is 3. The molecule has 3 aromatic carbocycles. The van der Waals surface area contributed by atoms with Gasteiger partial charge in [0.15, 0.2) is 0 Å². The quantitative estimate of drug-likeness (QED) is 0.578. The fourth-order valence-corrected chi connectivity index (χ4v) is 3.84. The standard InChI is InChI=1S/C23H21F3N2O/c24-23(25,26)17-11-12-21(28-13-4-1-5-14-28)20(15-17)27-22(29)19-10-6-8-16-7-2-3-9-18(16)19/h2-3,6-12,15H,1,4-5,13-14H2,(H,27,29). The second-order valence-corrected chi connectivity index (χ2v) is 7.26. The number of alkyl halides is 3. The number of rotatable bonds is 3. The Labute approximate surface area is 167 Å². The maximum Gasteiger partial charge on any atom is 0.416 e. The van der Waals surface area contributed by atoms with E-state index in [1.165, 1.54) is 6.07 Å². The van der Waals surface area contributed by atoms with Gasteiger partial charge in [0.2, 0.25) is 0 Å². The molecule has 0 atom stereocenters. The highest BCUT2D eigenvalue weighted by Gasteiger charge is 2.32. The summed E-state index contributed by atoms with van der Waals surface area (Å²) < 4.78 is 39.9. The van der Waals surface area contributed by atoms with Crippen molar-refractivity contribution in [3.05, 3.63) is 71.8 Å². The van der Waals surface area contributed by atoms with Gasteiger partial charge in [0.25, 0.3) is 5.91 Å². The van der Waals surface area contributed by atoms with Gasteiger partial charge in [0.05, 0.1) is 16.9 Å². The first-order valence-electron chi connectivity index (χ1n) is 9.69. The Balaban J connectivity index is 1.73. The fraction of sp³-hybridized carbons (Fsp3) is 0.261. The van der Waals surface area contributed by atoms with Gasteiger partial charge in [-0.05, 0) is 54.3 Å². The Kier molecular flexibility index (Phi) is 5.18. The topological polar surface area (TPSA) is 32.3 Å². The number of anilines is 2. The Morgan fingerprint density at radius 1 is 0.897 bits per heavy atom. The summed E-state index contributed by atoms with van der Waals surface area (Å²) in [6, 6.07) is 16.4. The minimum absolute atomic E-state index is 0.194. The molecule has 0 unspecified atom stereocenters. The molecule has 1 aliphatic heterocycles. The monoisotopic (exact) mass is 398 g/mol. The molecule has 1 amide bonds. The van der Waals surface area contributed by atoms with Crippen molar-refractivity contribution in [2.75, 3.05) is 23.3 Å². The van der Waals surface area contributed by atoms with Crippen molar-refractivity contribution in [1.82, 2.24) is 0 Å². The first-order valence-corrected chi connectivity index (χ1v) is 9.69. The molecule has 0 aliphatic carbocycles. The average Bonchev–Trinajstić information content (AvgIpc) is 2.73. The van der Waals surface area contributed by atoms with Crippen molar-refractivity contribution in [3.63, 3.8) is 0 Å². The number of nitrogens with one attached hydrogen (secondary N) is 1. The van der Waals surface area contributed by atoms with Crippen LogP contribution in [0.3, 0.4) is 0 Å². The number of fused-ring (bicyclic) bond motifs is 1. The van der Waals surface area contributed by atoms with Crippen molar-refractivity contribution in [3.8, 4) is 0 Å². The third-order valence-corrected chi connectivity index (χ3v) is 5.30. The van der Waals surface area contributed by atoms with Crippen molar-refractivity contribution in [1.29, 1.82) is 0 Å². The summed E-state index contributed by atoms with van der Waals surface area (Å²) in [7, 11) is 0. The van der Waals surface area contributed by atoms with E-state index in [1.807, 2.05) is 35.2 Å². The van der Waals surface area contributed by atoms with E-state index in [2.05, 4.69) is 5.32 Å². The summed E-state index contributed by atoms with van der Waals surface area (Å²) in [4.78, 5) is 15.1. The number of carbonyl (C=O) groups is 1. The highest BCUT2D eigenvalue weighted by atomic mass is 19.4. The second-order valence-electron chi connectivity index (χ2n) is 7.26. The van der Waals surface area contributed by atoms with E-state index in [1.54, 1.807) is 12.1 Å². The Hall–Kier alpha value is -3.02. The lowest BCUT2D eigenvalue weighted by Crippen LogP contribution is -2.30. The molecule has 150 valence electrons. The first kappa shape index (κ1) is 19.3. The summed E-state index contributed by atoms with van der Waals surface area (Å²) >= 11 is 0. The third kappa shape index (κ3) is 4.06. The van der Waals surface area contributed by atoms with Gasteiger partial charge in [0.1, 0.15) is 0 Å². The normalized spacial score (nSPS) is 14.8. The van der Waals surface area contributed by atoms with E-state index in [9.17, 15) is 18.0 Å². The number of hydrogen-bond acceptors (Lipinski definition) is 2. The maximum absolute atomic E-state index is 13.3. The molecule has 0 saturated carbocycles. The van der Waals surface area contributed by atoms with Gasteiger partial charge >= 0.3 is 6.18 Å². The molecule has 6 heteroatoms. The summed E-state index contributed by atoms with van der Waals surface area (Å²) in [6.45, 7) is 1.53. The van der Waals surface area contributed by atoms with Crippen LogP contribution in [0, 0.1) is 0 Å². The zero-order chi connectivity index (χ0) is 20.4. The van der Waals surface area contributed by atoms with Crippen molar-refractivity contribution in [2.45, 2.75) is 25.4 Å². The summed E-state index contributed by atoms with van der Waals surface area (Å²) in [6.07, 6.45) is -1.40. The molecule has 1 fully saturated rings. The van der Waals surface area contributed by atoms with E-state index in [4.69, 9.17) is 0 Å². The van der Waals surface area contributed by atoms with Crippen LogP contribution in [-0.2, 0) is 6.18 Å². The number of hydrogen-bond donors (Lipinski definition) is 1. The van der Waals surface area contributed by atoms with Crippen LogP contribution in [0.1, 0.15) is 35.2 Å². The van der Waals surface area contributed by atoms with E-state index in [0.717, 1.165) is 55.3 Å². The van der Waals surface area contributed by atoms with Crippen LogP contribution in [0.5, 0.6) is 0 Å². The van der Waals surface area contributed by atoms with Crippen LogP contribution in [-0.4, -0.2) is 19.0 Å². The number of amides is 1. The molecule has 3 nitrogen and oxygen atoms in total. The van der Waals surface area contributed by atoms with Crippen LogP contribution in [0.2, 0.25) is 0 Å². The van der Waals surface area contributed by atoms with Crippen LogP contribution >= 0.6 is 0 Å². The van der Waals surface area contributed by atoms with Gasteiger partial charge in [-0.2, -0.15) is 13.2 Å². The minimum Gasteiger partial charge on any atom is -0.370 e. The molecule has 3 aromatic rings. The highest BCUT2D eigenvalue weighted by Crippen LogP contribution is 2.36. The first-order chi connectivity index (χ1) is 13.9. The lowest BCUT2D eigenvalue weighted by Gasteiger charge is -2.31. The van der Waals surface area contributed by atoms with Crippen LogP contribution in [0.4, 0.5) is 24.5 Å². The molecular weight excluding hydrogens is 377 g/mol. The molecule has 0 bridgehead atoms. The molecular formula is C23H21F3N2O. The lowest BCUT2D eigenvalue weighted by molar-refractivity contribution is -0.137. The van der Waals surface area contributed by atoms with E-state index in [0.29, 0.717) is 11.3 Å². The summed E-state index contributed by atoms with van der Waals surface area (Å²) in [5.74, 6) is -0.417. The molecule has 1 heterocycles. The highest BCUT2D eigenvalue weighted by molar-refractivity contribution is 6.13. The van der Waals surface area contributed by atoms with Gasteiger partial charge < -0.3 is 10.2 Å². The van der Waals surface area contributed by atoms with Crippen molar-refractivity contribution >= 4 is 28.1 Å². The summed E-state index contributed by atoms with van der Waals surface area (Å²) in [5.41, 5.74) is 0.488. The van der Waals surface area contributed by atoms with Crippen LogP contribution in [0.25, 0.3) is 10.8 Å². The predicted molar refractivity (Wildman–Crippen MR) is 109 cm³/mol. The zero-order valence-corrected chi connectivity index (χ0v) is 15.8. The molecule has 0 radical (unpaired) electrons. The molecule has 1 saturated heterocycles. The SMILES string of the molecule is O=C(Nc1cc(C(F)(F)F)ccc1N1CCCCC1)c1cccc2ccccc12. The lowest BCUT2D eigenvalue weighted by atomic mass is 10.0. The predicted octanol–water partition coefficient (Wildman–Crippen LogP) is 6.10. The largest absolute Gasteiger partial charge is 0.416 e. The smallest absolute Gasteiger partial charge is 0.370 e. The fourth-order valence-electron chi connectivity index (χ4n) is 3.84. The van der Waals surface area contributed by atoms with Gasteiger partial charge in [0, 0.05) is 18.7 Å². The molecule has 1 N–H and O–H groups in total. The number of carbonyl (C=O) groups excluding carboxylic acids is 1. The number of piperidine rings is 1. The Morgan fingerprint density at radius 3 is 2.38 bits per heavy atom. The average molecular weight is 398 g/mol. The molecule has 0 aromatic heterocycles. The van der Waals surface area contributed by atoms with E-state index in [-0.39, 0.29) is 5.69 Å². The van der Waals surface area contributed by atoms with Gasteiger partial charge in [-0.25, -0.2) is 0 Å². The minimum atomic E-state index is -4.47. The van der Waals surface area contributed by atoms with Crippen molar-refractivity contribution in [2.24, 2.45) is 0 Å². The van der Waals surface area contributed by atoms with Gasteiger partial charge in [-0.15, -0.1) is 0 Å².